The maximum absolute atomic E-state index is 3.63. The molecule has 0 spiro atoms. The van der Waals surface area contributed by atoms with E-state index in [0.717, 1.165) is 24.9 Å². The zero-order valence-electron chi connectivity index (χ0n) is 10.2. The van der Waals surface area contributed by atoms with Gasteiger partial charge in [0.2, 0.25) is 0 Å². The fourth-order valence-electron chi connectivity index (χ4n) is 1.88. The lowest BCUT2D eigenvalue weighted by molar-refractivity contribution is 0.300. The number of nitrogens with one attached hydrogen (secondary N) is 1. The van der Waals surface area contributed by atoms with Crippen LogP contribution in [0.5, 0.6) is 0 Å². The summed E-state index contributed by atoms with van der Waals surface area (Å²) in [7, 11) is 2.18. The Labute approximate surface area is 89.1 Å². The van der Waals surface area contributed by atoms with E-state index in [0.29, 0.717) is 6.04 Å². The first-order valence-corrected chi connectivity index (χ1v) is 6.05. The summed E-state index contributed by atoms with van der Waals surface area (Å²) in [5.41, 5.74) is 0. The van der Waals surface area contributed by atoms with Crippen molar-refractivity contribution in [2.45, 2.75) is 39.7 Å². The van der Waals surface area contributed by atoms with Crippen molar-refractivity contribution in [1.82, 2.24) is 10.2 Å². The van der Waals surface area contributed by atoms with Crippen LogP contribution in [0.25, 0.3) is 0 Å². The number of hydrogen-bond donors (Lipinski definition) is 1. The van der Waals surface area contributed by atoms with Gasteiger partial charge in [-0.1, -0.05) is 13.8 Å². The van der Waals surface area contributed by atoms with E-state index in [1.807, 2.05) is 0 Å². The van der Waals surface area contributed by atoms with Crippen molar-refractivity contribution in [3.63, 3.8) is 0 Å². The minimum atomic E-state index is 0.626. The molecule has 0 bridgehead atoms. The Bertz CT molecular complexity index is 154. The van der Waals surface area contributed by atoms with E-state index in [2.05, 4.69) is 38.0 Å². The highest BCUT2D eigenvalue weighted by molar-refractivity contribution is 4.80. The van der Waals surface area contributed by atoms with E-state index < -0.39 is 0 Å². The Morgan fingerprint density at radius 2 is 2.00 bits per heavy atom. The smallest absolute Gasteiger partial charge is 0.0166 e. The monoisotopic (exact) mass is 198 g/mol. The molecule has 0 aromatic heterocycles. The van der Waals surface area contributed by atoms with Crippen LogP contribution in [0.3, 0.4) is 0 Å². The van der Waals surface area contributed by atoms with Crippen molar-refractivity contribution in [3.05, 3.63) is 0 Å². The second-order valence-corrected chi connectivity index (χ2v) is 4.98. The van der Waals surface area contributed by atoms with Crippen molar-refractivity contribution in [3.8, 4) is 0 Å². The normalized spacial score (nSPS) is 21.2. The highest BCUT2D eigenvalue weighted by atomic mass is 15.1. The topological polar surface area (TPSA) is 15.3 Å². The van der Waals surface area contributed by atoms with Gasteiger partial charge in [0.05, 0.1) is 0 Å². The highest BCUT2D eigenvalue weighted by Crippen LogP contribution is 2.36. The molecule has 2 atom stereocenters. The van der Waals surface area contributed by atoms with Gasteiger partial charge >= 0.3 is 0 Å². The second kappa shape index (κ2) is 5.72. The molecule has 2 nitrogen and oxygen atoms in total. The molecule has 0 aromatic rings. The molecule has 0 aromatic carbocycles. The van der Waals surface area contributed by atoms with Gasteiger partial charge in [-0.05, 0) is 51.7 Å². The average Bonchev–Trinajstić information content (AvgIpc) is 2.97. The number of rotatable bonds is 7. The molecule has 1 aliphatic rings. The molecular weight excluding hydrogens is 172 g/mol. The second-order valence-electron chi connectivity index (χ2n) is 4.98. The van der Waals surface area contributed by atoms with Crippen molar-refractivity contribution >= 4 is 0 Å². The predicted molar refractivity (Wildman–Crippen MR) is 62.5 cm³/mol. The molecular formula is C12H26N2. The molecule has 1 fully saturated rings. The lowest BCUT2D eigenvalue weighted by Gasteiger charge is -2.22. The van der Waals surface area contributed by atoms with E-state index in [1.165, 1.54) is 19.4 Å². The Balaban J connectivity index is 2.04. The van der Waals surface area contributed by atoms with Gasteiger partial charge in [-0.3, -0.25) is 0 Å². The minimum Gasteiger partial charge on any atom is -0.313 e. The Morgan fingerprint density at radius 1 is 1.36 bits per heavy atom. The van der Waals surface area contributed by atoms with Crippen LogP contribution in [0.1, 0.15) is 33.6 Å². The summed E-state index contributed by atoms with van der Waals surface area (Å²) in [5.74, 6) is 1.91. The fraction of sp³-hybridized carbons (Fsp3) is 1.00. The summed E-state index contributed by atoms with van der Waals surface area (Å²) in [6, 6.07) is 0.626. The van der Waals surface area contributed by atoms with Crippen LogP contribution in [-0.4, -0.2) is 37.6 Å². The Morgan fingerprint density at radius 3 is 2.50 bits per heavy atom. The highest BCUT2D eigenvalue weighted by Gasteiger charge is 2.27. The third-order valence-electron chi connectivity index (χ3n) is 3.34. The third kappa shape index (κ3) is 4.43. The average molecular weight is 198 g/mol. The molecule has 84 valence electrons. The maximum atomic E-state index is 3.63. The molecule has 0 heterocycles. The van der Waals surface area contributed by atoms with Crippen LogP contribution in [-0.2, 0) is 0 Å². The van der Waals surface area contributed by atoms with Crippen LogP contribution >= 0.6 is 0 Å². The lowest BCUT2D eigenvalue weighted by Crippen LogP contribution is -2.39. The molecule has 0 amide bonds. The molecule has 1 N–H and O–H groups in total. The molecule has 1 rings (SSSR count). The van der Waals surface area contributed by atoms with Crippen molar-refractivity contribution < 1.29 is 0 Å². The quantitative estimate of drug-likeness (QED) is 0.673. The molecule has 0 aliphatic heterocycles. The van der Waals surface area contributed by atoms with Crippen LogP contribution < -0.4 is 5.32 Å². The minimum absolute atomic E-state index is 0.626. The standard InChI is InChI=1S/C12H26N2/c1-5-14(4)9-11(3)13-8-10(2)12-6-7-12/h10-13H,5-9H2,1-4H3. The van der Waals surface area contributed by atoms with E-state index >= 15 is 0 Å². The van der Waals surface area contributed by atoms with Crippen LogP contribution in [0.15, 0.2) is 0 Å². The van der Waals surface area contributed by atoms with E-state index in [-0.39, 0.29) is 0 Å². The van der Waals surface area contributed by atoms with Crippen molar-refractivity contribution in [2.75, 3.05) is 26.7 Å². The SMILES string of the molecule is CCN(C)CC(C)NCC(C)C1CC1. The van der Waals surface area contributed by atoms with Gasteiger partial charge in [-0.15, -0.1) is 0 Å². The summed E-state index contributed by atoms with van der Waals surface area (Å²) in [6.45, 7) is 10.4. The van der Waals surface area contributed by atoms with Crippen molar-refractivity contribution in [1.29, 1.82) is 0 Å². The molecule has 1 saturated carbocycles. The zero-order valence-corrected chi connectivity index (χ0v) is 10.2. The fourth-order valence-corrected chi connectivity index (χ4v) is 1.88. The molecule has 0 saturated heterocycles. The van der Waals surface area contributed by atoms with Gasteiger partial charge in [-0.25, -0.2) is 0 Å². The van der Waals surface area contributed by atoms with Gasteiger partial charge < -0.3 is 10.2 Å². The van der Waals surface area contributed by atoms with E-state index in [1.54, 1.807) is 0 Å². The van der Waals surface area contributed by atoms with Crippen LogP contribution in [0.2, 0.25) is 0 Å². The zero-order chi connectivity index (χ0) is 10.6. The van der Waals surface area contributed by atoms with E-state index in [4.69, 9.17) is 0 Å². The van der Waals surface area contributed by atoms with Crippen molar-refractivity contribution in [2.24, 2.45) is 11.8 Å². The third-order valence-corrected chi connectivity index (χ3v) is 3.34. The summed E-state index contributed by atoms with van der Waals surface area (Å²) in [4.78, 5) is 2.36. The maximum Gasteiger partial charge on any atom is 0.0166 e. The summed E-state index contributed by atoms with van der Waals surface area (Å²) >= 11 is 0. The molecule has 2 heteroatoms. The first-order valence-electron chi connectivity index (χ1n) is 6.05. The largest absolute Gasteiger partial charge is 0.313 e. The summed E-state index contributed by atoms with van der Waals surface area (Å²) < 4.78 is 0. The Hall–Kier alpha value is -0.0800. The summed E-state index contributed by atoms with van der Waals surface area (Å²) in [6.07, 6.45) is 2.93. The summed E-state index contributed by atoms with van der Waals surface area (Å²) in [5, 5.41) is 3.63. The Kier molecular flexibility index (Phi) is 4.90. The van der Waals surface area contributed by atoms with Crippen LogP contribution in [0, 0.1) is 11.8 Å². The number of nitrogens with zero attached hydrogens (tertiary/aromatic N) is 1. The first kappa shape index (κ1) is 12.0. The van der Waals surface area contributed by atoms with Gasteiger partial charge in [0.1, 0.15) is 0 Å². The predicted octanol–water partition coefficient (Wildman–Crippen LogP) is 1.96. The van der Waals surface area contributed by atoms with Gasteiger partial charge in [-0.2, -0.15) is 0 Å². The van der Waals surface area contributed by atoms with Crippen LogP contribution in [0.4, 0.5) is 0 Å². The van der Waals surface area contributed by atoms with Gasteiger partial charge in [0.15, 0.2) is 0 Å². The van der Waals surface area contributed by atoms with E-state index in [9.17, 15) is 0 Å². The number of likely N-dealkylation sites (N-methyl/N-ethyl adjacent to an activating group) is 1. The lowest BCUT2D eigenvalue weighted by atomic mass is 10.1. The number of hydrogen-bond acceptors (Lipinski definition) is 2. The molecule has 14 heavy (non-hydrogen) atoms. The van der Waals surface area contributed by atoms with Gasteiger partial charge in [0.25, 0.3) is 0 Å². The molecule has 2 unspecified atom stereocenters. The van der Waals surface area contributed by atoms with Gasteiger partial charge in [0, 0.05) is 12.6 Å². The molecule has 1 aliphatic carbocycles. The first-order chi connectivity index (χ1) is 6.63. The molecule has 0 radical (unpaired) electrons.